The van der Waals surface area contributed by atoms with Gasteiger partial charge in [-0.3, -0.25) is 14.5 Å². The summed E-state index contributed by atoms with van der Waals surface area (Å²) in [4.78, 5) is 42.7. The number of aliphatic hydroxyl groups excluding tert-OH is 1. The Morgan fingerprint density at radius 1 is 1.29 bits per heavy atom. The van der Waals surface area contributed by atoms with Crippen molar-refractivity contribution in [3.63, 3.8) is 0 Å². The first kappa shape index (κ1) is 28.1. The lowest BCUT2D eigenvalue weighted by molar-refractivity contribution is -0.153. The smallest absolute Gasteiger partial charge is 0.355 e. The molecule has 1 aromatic carbocycles. The van der Waals surface area contributed by atoms with E-state index in [-0.39, 0.29) is 12.3 Å². The van der Waals surface area contributed by atoms with E-state index in [1.807, 2.05) is 13.8 Å². The number of aryl methyl sites for hydroxylation is 1. The lowest BCUT2D eigenvalue weighted by atomic mass is 10.0. The zero-order chi connectivity index (χ0) is 27.2. The van der Waals surface area contributed by atoms with E-state index in [1.54, 1.807) is 37.4 Å². The van der Waals surface area contributed by atoms with Crippen LogP contribution >= 0.6 is 23.5 Å². The standard InChI is InChI=1S/C24H31N7O5S2/c1-4-30(5-2)11-12-36-23(35)18-16(14-38-24-26-27-28-29(24)3)13-37-22-17(21(34)31(18)22)25-20(33)19(32)15-9-7-6-8-10-15/h6-10,17,19,22,32H,4-5,11-14H2,1-3H3,(H,25,33)/t17-,19-,22-/m1/s1. The van der Waals surface area contributed by atoms with Crippen LogP contribution in [-0.2, 0) is 26.2 Å². The van der Waals surface area contributed by atoms with Crippen molar-refractivity contribution in [2.45, 2.75) is 36.5 Å². The van der Waals surface area contributed by atoms with Crippen LogP contribution < -0.4 is 5.32 Å². The van der Waals surface area contributed by atoms with E-state index < -0.39 is 35.3 Å². The highest BCUT2D eigenvalue weighted by Crippen LogP contribution is 2.42. The summed E-state index contributed by atoms with van der Waals surface area (Å²) in [6.45, 7) is 6.53. The van der Waals surface area contributed by atoms with Gasteiger partial charge in [-0.1, -0.05) is 55.9 Å². The number of hydrogen-bond donors (Lipinski definition) is 2. The lowest BCUT2D eigenvalue weighted by Crippen LogP contribution is -2.71. The van der Waals surface area contributed by atoms with E-state index >= 15 is 0 Å². The van der Waals surface area contributed by atoms with Crippen molar-refractivity contribution in [1.82, 2.24) is 35.3 Å². The Labute approximate surface area is 229 Å². The maximum Gasteiger partial charge on any atom is 0.355 e. The molecule has 1 saturated heterocycles. The summed E-state index contributed by atoms with van der Waals surface area (Å²) in [7, 11) is 1.72. The second-order valence-corrected chi connectivity index (χ2v) is 10.7. The van der Waals surface area contributed by atoms with E-state index in [0.717, 1.165) is 18.7 Å². The van der Waals surface area contributed by atoms with Gasteiger partial charge in [-0.15, -0.1) is 16.9 Å². The summed E-state index contributed by atoms with van der Waals surface area (Å²) in [6.07, 6.45) is -1.40. The number of carbonyl (C=O) groups is 3. The number of fused-ring (bicyclic) bond motifs is 1. The molecule has 1 fully saturated rings. The fraction of sp³-hybridized carbons (Fsp3) is 0.500. The summed E-state index contributed by atoms with van der Waals surface area (Å²) in [6, 6.07) is 7.64. The fourth-order valence-electron chi connectivity index (χ4n) is 4.17. The Morgan fingerprint density at radius 2 is 2.03 bits per heavy atom. The van der Waals surface area contributed by atoms with Gasteiger partial charge in [-0.2, -0.15) is 0 Å². The molecule has 0 radical (unpaired) electrons. The zero-order valence-corrected chi connectivity index (χ0v) is 23.1. The average molecular weight is 562 g/mol. The van der Waals surface area contributed by atoms with Gasteiger partial charge in [-0.25, -0.2) is 9.48 Å². The summed E-state index contributed by atoms with van der Waals surface area (Å²) in [5.74, 6) is -0.813. The van der Waals surface area contributed by atoms with Gasteiger partial charge in [0, 0.05) is 25.1 Å². The normalized spacial score (nSPS) is 19.7. The molecular formula is C24H31N7O5S2. The first-order chi connectivity index (χ1) is 18.3. The van der Waals surface area contributed by atoms with Gasteiger partial charge in [0.1, 0.15) is 23.7 Å². The van der Waals surface area contributed by atoms with Crippen LogP contribution in [0.15, 0.2) is 46.8 Å². The molecule has 38 heavy (non-hydrogen) atoms. The molecule has 0 unspecified atom stereocenters. The average Bonchev–Trinajstić information content (AvgIpc) is 3.36. The van der Waals surface area contributed by atoms with E-state index in [2.05, 4.69) is 25.7 Å². The van der Waals surface area contributed by atoms with Gasteiger partial charge in [0.15, 0.2) is 6.10 Å². The van der Waals surface area contributed by atoms with Crippen molar-refractivity contribution < 1.29 is 24.2 Å². The highest BCUT2D eigenvalue weighted by atomic mass is 32.2. The summed E-state index contributed by atoms with van der Waals surface area (Å²) in [5.41, 5.74) is 1.37. The number of likely N-dealkylation sites (N-methyl/N-ethyl adjacent to an activating group) is 1. The van der Waals surface area contributed by atoms with Gasteiger partial charge >= 0.3 is 5.97 Å². The molecular weight excluding hydrogens is 530 g/mol. The van der Waals surface area contributed by atoms with Crippen LogP contribution in [0.2, 0.25) is 0 Å². The van der Waals surface area contributed by atoms with Gasteiger partial charge in [0.05, 0.1) is 0 Å². The van der Waals surface area contributed by atoms with E-state index in [1.165, 1.54) is 33.1 Å². The Kier molecular flexibility index (Phi) is 9.41. The van der Waals surface area contributed by atoms with Crippen LogP contribution in [-0.4, -0.2) is 102 Å². The molecule has 3 atom stereocenters. The monoisotopic (exact) mass is 561 g/mol. The second-order valence-electron chi connectivity index (χ2n) is 8.70. The van der Waals surface area contributed by atoms with Gasteiger partial charge < -0.3 is 20.1 Å². The molecule has 4 rings (SSSR count). The molecule has 0 bridgehead atoms. The maximum atomic E-state index is 13.3. The molecule has 12 nitrogen and oxygen atoms in total. The highest BCUT2D eigenvalue weighted by molar-refractivity contribution is 8.01. The molecule has 2 N–H and O–H groups in total. The van der Waals surface area contributed by atoms with E-state index in [0.29, 0.717) is 28.8 Å². The second kappa shape index (κ2) is 12.7. The molecule has 204 valence electrons. The van der Waals surface area contributed by atoms with Crippen LogP contribution in [0, 0.1) is 0 Å². The largest absolute Gasteiger partial charge is 0.460 e. The lowest BCUT2D eigenvalue weighted by Gasteiger charge is -2.49. The summed E-state index contributed by atoms with van der Waals surface area (Å²) >= 11 is 2.80. The van der Waals surface area contributed by atoms with Gasteiger partial charge in [0.2, 0.25) is 5.16 Å². The van der Waals surface area contributed by atoms with Crippen LogP contribution in [0.1, 0.15) is 25.5 Å². The molecule has 2 aliphatic heterocycles. The Hall–Kier alpha value is -2.94. The van der Waals surface area contributed by atoms with E-state index in [9.17, 15) is 19.5 Å². The number of aliphatic hydroxyl groups is 1. The van der Waals surface area contributed by atoms with Gasteiger partial charge in [-0.05, 0) is 34.7 Å². The molecule has 1 aromatic heterocycles. The molecule has 3 heterocycles. The van der Waals surface area contributed by atoms with Crippen molar-refractivity contribution >= 4 is 41.3 Å². The summed E-state index contributed by atoms with van der Waals surface area (Å²) in [5, 5.41) is 24.6. The minimum absolute atomic E-state index is 0.195. The maximum absolute atomic E-state index is 13.3. The molecule has 14 heteroatoms. The molecule has 0 spiro atoms. The quantitative estimate of drug-likeness (QED) is 0.213. The number of ether oxygens (including phenoxy) is 1. The first-order valence-corrected chi connectivity index (χ1v) is 14.3. The fourth-order valence-corrected chi connectivity index (χ4v) is 6.51. The minimum Gasteiger partial charge on any atom is -0.460 e. The minimum atomic E-state index is -1.40. The number of carbonyl (C=O) groups excluding carboxylic acids is 3. The number of β-lactam (4-membered cyclic amide) rings is 1. The molecule has 2 amide bonds. The first-order valence-electron chi connectivity index (χ1n) is 12.3. The number of nitrogens with one attached hydrogen (secondary N) is 1. The number of amides is 2. The summed E-state index contributed by atoms with van der Waals surface area (Å²) < 4.78 is 7.13. The molecule has 0 aliphatic carbocycles. The number of esters is 1. The molecule has 2 aromatic rings. The van der Waals surface area contributed by atoms with Gasteiger partial charge in [0.25, 0.3) is 11.8 Å². The number of rotatable bonds is 12. The number of hydrogen-bond acceptors (Lipinski definition) is 11. The van der Waals surface area contributed by atoms with Crippen molar-refractivity contribution in [2.24, 2.45) is 7.05 Å². The number of benzene rings is 1. The zero-order valence-electron chi connectivity index (χ0n) is 21.4. The van der Waals surface area contributed by atoms with Crippen molar-refractivity contribution in [3.8, 4) is 0 Å². The van der Waals surface area contributed by atoms with Crippen LogP contribution in [0.3, 0.4) is 0 Å². The van der Waals surface area contributed by atoms with Crippen molar-refractivity contribution in [1.29, 1.82) is 0 Å². The third-order valence-electron chi connectivity index (χ3n) is 6.39. The number of aromatic nitrogens is 4. The van der Waals surface area contributed by atoms with Crippen LogP contribution in [0.5, 0.6) is 0 Å². The van der Waals surface area contributed by atoms with Crippen LogP contribution in [0.25, 0.3) is 0 Å². The highest BCUT2D eigenvalue weighted by Gasteiger charge is 2.54. The number of tetrazole rings is 1. The Morgan fingerprint density at radius 3 is 2.68 bits per heavy atom. The van der Waals surface area contributed by atoms with Crippen molar-refractivity contribution in [2.75, 3.05) is 37.7 Å². The Balaban J connectivity index is 1.48. The predicted octanol–water partition coefficient (Wildman–Crippen LogP) is 0.575. The van der Waals surface area contributed by atoms with E-state index in [4.69, 9.17) is 4.74 Å². The SMILES string of the molecule is CCN(CC)CCOC(=O)C1=C(CSc2nnnn2C)CS[C@@H]2[C@H](NC(=O)[C@H](O)c3ccccc3)C(=O)N12. The number of thioether (sulfide) groups is 2. The third-order valence-corrected chi connectivity index (χ3v) is 8.83. The third kappa shape index (κ3) is 6.03. The molecule has 0 saturated carbocycles. The number of nitrogens with zero attached hydrogens (tertiary/aromatic N) is 6. The topological polar surface area (TPSA) is 143 Å². The van der Waals surface area contributed by atoms with Crippen molar-refractivity contribution in [3.05, 3.63) is 47.2 Å². The Bertz CT molecular complexity index is 1190. The molecule has 2 aliphatic rings. The van der Waals surface area contributed by atoms with Crippen LogP contribution in [0.4, 0.5) is 0 Å². The predicted molar refractivity (Wildman–Crippen MR) is 142 cm³/mol.